The van der Waals surface area contributed by atoms with Crippen molar-refractivity contribution < 1.29 is 27.8 Å². The molecule has 1 atom stereocenters. The Bertz CT molecular complexity index is 209. The standard InChI is InChI=1S/C9H16F3NO3/c1-7(3-2-4-14)13-8(15)5-16-6-9(10,11)12/h7,14H,2-6H2,1H3,(H,13,15). The van der Waals surface area contributed by atoms with Crippen molar-refractivity contribution in [3.05, 3.63) is 0 Å². The molecule has 0 aliphatic carbocycles. The summed E-state index contributed by atoms with van der Waals surface area (Å²) in [4.78, 5) is 11.0. The lowest BCUT2D eigenvalue weighted by Gasteiger charge is -2.13. The zero-order chi connectivity index (χ0) is 12.6. The van der Waals surface area contributed by atoms with Gasteiger partial charge in [-0.25, -0.2) is 0 Å². The number of amides is 1. The first kappa shape index (κ1) is 15.2. The van der Waals surface area contributed by atoms with Crippen molar-refractivity contribution in [2.24, 2.45) is 0 Å². The molecule has 0 aromatic rings. The van der Waals surface area contributed by atoms with Crippen LogP contribution in [0.1, 0.15) is 19.8 Å². The Morgan fingerprint density at radius 1 is 1.50 bits per heavy atom. The summed E-state index contributed by atoms with van der Waals surface area (Å²) in [6, 6.07) is -0.186. The van der Waals surface area contributed by atoms with Crippen molar-refractivity contribution in [1.29, 1.82) is 0 Å². The van der Waals surface area contributed by atoms with Crippen LogP contribution in [-0.2, 0) is 9.53 Å². The first-order chi connectivity index (χ1) is 7.35. The summed E-state index contributed by atoms with van der Waals surface area (Å²) in [5.74, 6) is -0.588. The molecule has 0 radical (unpaired) electrons. The van der Waals surface area contributed by atoms with Gasteiger partial charge in [0.1, 0.15) is 13.2 Å². The predicted molar refractivity (Wildman–Crippen MR) is 50.8 cm³/mol. The summed E-state index contributed by atoms with van der Waals surface area (Å²) in [5, 5.41) is 11.0. The number of alkyl halides is 3. The molecule has 16 heavy (non-hydrogen) atoms. The lowest BCUT2D eigenvalue weighted by molar-refractivity contribution is -0.175. The van der Waals surface area contributed by atoms with E-state index >= 15 is 0 Å². The number of carbonyl (C=O) groups excluding carboxylic acids is 1. The molecular weight excluding hydrogens is 227 g/mol. The Balaban J connectivity index is 3.58. The molecule has 0 spiro atoms. The molecule has 0 saturated carbocycles. The summed E-state index contributed by atoms with van der Waals surface area (Å²) in [6.07, 6.45) is -3.31. The first-order valence-electron chi connectivity index (χ1n) is 4.90. The third-order valence-electron chi connectivity index (χ3n) is 1.70. The lowest BCUT2D eigenvalue weighted by atomic mass is 10.2. The molecule has 7 heteroatoms. The van der Waals surface area contributed by atoms with E-state index in [0.717, 1.165) is 0 Å². The Labute approximate surface area is 91.8 Å². The van der Waals surface area contributed by atoms with Crippen LogP contribution in [0.15, 0.2) is 0 Å². The molecule has 0 aromatic carbocycles. The van der Waals surface area contributed by atoms with Gasteiger partial charge in [0.15, 0.2) is 0 Å². The Morgan fingerprint density at radius 3 is 2.62 bits per heavy atom. The highest BCUT2D eigenvalue weighted by Crippen LogP contribution is 2.14. The van der Waals surface area contributed by atoms with E-state index < -0.39 is 25.3 Å². The van der Waals surface area contributed by atoms with Crippen LogP contribution in [0.5, 0.6) is 0 Å². The van der Waals surface area contributed by atoms with Crippen LogP contribution in [0, 0.1) is 0 Å². The minimum atomic E-state index is -4.41. The molecular formula is C9H16F3NO3. The normalized spacial score (nSPS) is 13.6. The van der Waals surface area contributed by atoms with E-state index in [0.29, 0.717) is 12.8 Å². The van der Waals surface area contributed by atoms with Gasteiger partial charge in [0.2, 0.25) is 5.91 Å². The molecule has 0 heterocycles. The van der Waals surface area contributed by atoms with Gasteiger partial charge in [0, 0.05) is 12.6 Å². The highest BCUT2D eigenvalue weighted by molar-refractivity contribution is 5.77. The van der Waals surface area contributed by atoms with Gasteiger partial charge in [-0.3, -0.25) is 4.79 Å². The fraction of sp³-hybridized carbons (Fsp3) is 0.889. The zero-order valence-electron chi connectivity index (χ0n) is 9.01. The maximum absolute atomic E-state index is 11.7. The van der Waals surface area contributed by atoms with Gasteiger partial charge >= 0.3 is 6.18 Å². The maximum Gasteiger partial charge on any atom is 0.411 e. The van der Waals surface area contributed by atoms with E-state index in [2.05, 4.69) is 10.1 Å². The summed E-state index contributed by atoms with van der Waals surface area (Å²) < 4.78 is 39.1. The van der Waals surface area contributed by atoms with Crippen molar-refractivity contribution in [2.75, 3.05) is 19.8 Å². The Morgan fingerprint density at radius 2 is 2.12 bits per heavy atom. The largest absolute Gasteiger partial charge is 0.411 e. The second-order valence-corrected chi connectivity index (χ2v) is 3.44. The molecule has 0 rings (SSSR count). The van der Waals surface area contributed by atoms with E-state index in [1.54, 1.807) is 6.92 Å². The third kappa shape index (κ3) is 9.72. The number of rotatable bonds is 7. The number of halogens is 3. The fourth-order valence-electron chi connectivity index (χ4n) is 1.05. The van der Waals surface area contributed by atoms with Crippen LogP contribution in [0.2, 0.25) is 0 Å². The number of aliphatic hydroxyl groups is 1. The molecule has 0 fully saturated rings. The van der Waals surface area contributed by atoms with E-state index in [4.69, 9.17) is 5.11 Å². The quantitative estimate of drug-likeness (QED) is 0.696. The minimum absolute atomic E-state index is 0.0186. The zero-order valence-corrected chi connectivity index (χ0v) is 9.01. The minimum Gasteiger partial charge on any atom is -0.396 e. The van der Waals surface area contributed by atoms with Crippen molar-refractivity contribution >= 4 is 5.91 Å². The molecule has 1 unspecified atom stereocenters. The van der Waals surface area contributed by atoms with Crippen molar-refractivity contribution in [2.45, 2.75) is 32.0 Å². The van der Waals surface area contributed by atoms with E-state index in [1.807, 2.05) is 0 Å². The average molecular weight is 243 g/mol. The van der Waals surface area contributed by atoms with Gasteiger partial charge in [-0.15, -0.1) is 0 Å². The Hall–Kier alpha value is -0.820. The van der Waals surface area contributed by atoms with Crippen LogP contribution < -0.4 is 5.32 Å². The number of aliphatic hydroxyl groups excluding tert-OH is 1. The number of hydrogen-bond donors (Lipinski definition) is 2. The summed E-state index contributed by atoms with van der Waals surface area (Å²) in [6.45, 7) is -0.309. The van der Waals surface area contributed by atoms with Gasteiger partial charge in [-0.05, 0) is 19.8 Å². The molecule has 0 saturated heterocycles. The monoisotopic (exact) mass is 243 g/mol. The number of carbonyl (C=O) groups is 1. The molecule has 96 valence electrons. The molecule has 1 amide bonds. The molecule has 0 aliphatic rings. The molecule has 2 N–H and O–H groups in total. The van der Waals surface area contributed by atoms with Gasteiger partial charge in [-0.1, -0.05) is 0 Å². The second kappa shape index (κ2) is 7.45. The second-order valence-electron chi connectivity index (χ2n) is 3.44. The molecule has 4 nitrogen and oxygen atoms in total. The Kier molecular flexibility index (Phi) is 7.07. The predicted octanol–water partition coefficient (Wildman–Crippen LogP) is 0.843. The number of nitrogens with one attached hydrogen (secondary N) is 1. The van der Waals surface area contributed by atoms with Gasteiger partial charge in [0.05, 0.1) is 0 Å². The van der Waals surface area contributed by atoms with Crippen LogP contribution in [0.4, 0.5) is 13.2 Å². The average Bonchev–Trinajstić information content (AvgIpc) is 2.12. The van der Waals surface area contributed by atoms with Crippen LogP contribution in [-0.4, -0.2) is 43.1 Å². The highest BCUT2D eigenvalue weighted by atomic mass is 19.4. The fourth-order valence-corrected chi connectivity index (χ4v) is 1.05. The van der Waals surface area contributed by atoms with E-state index in [9.17, 15) is 18.0 Å². The number of ether oxygens (including phenoxy) is 1. The maximum atomic E-state index is 11.7. The number of hydrogen-bond acceptors (Lipinski definition) is 3. The lowest BCUT2D eigenvalue weighted by Crippen LogP contribution is -2.36. The molecule has 0 aromatic heterocycles. The van der Waals surface area contributed by atoms with E-state index in [1.165, 1.54) is 0 Å². The van der Waals surface area contributed by atoms with E-state index in [-0.39, 0.29) is 12.6 Å². The summed E-state index contributed by atoms with van der Waals surface area (Å²) in [7, 11) is 0. The third-order valence-corrected chi connectivity index (χ3v) is 1.70. The first-order valence-corrected chi connectivity index (χ1v) is 4.90. The van der Waals surface area contributed by atoms with Crippen LogP contribution in [0.3, 0.4) is 0 Å². The molecule has 0 bridgehead atoms. The van der Waals surface area contributed by atoms with Crippen molar-refractivity contribution in [3.63, 3.8) is 0 Å². The highest BCUT2D eigenvalue weighted by Gasteiger charge is 2.27. The van der Waals surface area contributed by atoms with Gasteiger partial charge in [0.25, 0.3) is 0 Å². The topological polar surface area (TPSA) is 58.6 Å². The van der Waals surface area contributed by atoms with Crippen molar-refractivity contribution in [3.8, 4) is 0 Å². The SMILES string of the molecule is CC(CCCO)NC(=O)COCC(F)(F)F. The van der Waals surface area contributed by atoms with Gasteiger partial charge < -0.3 is 15.2 Å². The molecule has 0 aliphatic heterocycles. The van der Waals surface area contributed by atoms with Crippen LogP contribution >= 0.6 is 0 Å². The smallest absolute Gasteiger partial charge is 0.396 e. The summed E-state index contributed by atoms with van der Waals surface area (Å²) in [5.41, 5.74) is 0. The van der Waals surface area contributed by atoms with Crippen LogP contribution in [0.25, 0.3) is 0 Å². The summed E-state index contributed by atoms with van der Waals surface area (Å²) >= 11 is 0. The van der Waals surface area contributed by atoms with Gasteiger partial charge in [-0.2, -0.15) is 13.2 Å². The van der Waals surface area contributed by atoms with Crippen molar-refractivity contribution in [1.82, 2.24) is 5.32 Å².